The van der Waals surface area contributed by atoms with Gasteiger partial charge in [-0.25, -0.2) is 0 Å². The lowest BCUT2D eigenvalue weighted by molar-refractivity contribution is -0.132. The molecule has 1 amide bonds. The summed E-state index contributed by atoms with van der Waals surface area (Å²) in [5.41, 5.74) is 0.464. The Labute approximate surface area is 142 Å². The molecule has 1 aromatic rings. The van der Waals surface area contributed by atoms with Crippen molar-refractivity contribution in [2.24, 2.45) is 0 Å². The van der Waals surface area contributed by atoms with Crippen LogP contribution in [0.2, 0.25) is 0 Å². The standard InChI is InChI=1S/C16H15BrN2O4/c1-11(20)23-15-3-2-14(17)9-12(15)8-13(10-18)16(21)19-4-6-22-7-5-19/h2-3,8-9H,4-7H2,1H3/b13-8+. The van der Waals surface area contributed by atoms with Gasteiger partial charge in [0, 0.05) is 30.0 Å². The molecule has 1 aliphatic rings. The van der Waals surface area contributed by atoms with Crippen LogP contribution in [-0.4, -0.2) is 43.1 Å². The Morgan fingerprint density at radius 3 is 2.70 bits per heavy atom. The van der Waals surface area contributed by atoms with E-state index in [0.29, 0.717) is 37.6 Å². The van der Waals surface area contributed by atoms with E-state index in [-0.39, 0.29) is 11.5 Å². The Bertz CT molecular complexity index is 688. The highest BCUT2D eigenvalue weighted by Crippen LogP contribution is 2.26. The number of hydrogen-bond donors (Lipinski definition) is 0. The van der Waals surface area contributed by atoms with Crippen molar-refractivity contribution in [3.8, 4) is 11.8 Å². The quantitative estimate of drug-likeness (QED) is 0.348. The molecule has 2 rings (SSSR count). The van der Waals surface area contributed by atoms with Crippen LogP contribution in [0.25, 0.3) is 6.08 Å². The number of carbonyl (C=O) groups is 2. The number of benzene rings is 1. The maximum Gasteiger partial charge on any atom is 0.308 e. The predicted octanol–water partition coefficient (Wildman–Crippen LogP) is 2.14. The van der Waals surface area contributed by atoms with E-state index in [1.807, 2.05) is 6.07 Å². The molecular formula is C16H15BrN2O4. The molecule has 0 N–H and O–H groups in total. The largest absolute Gasteiger partial charge is 0.426 e. The summed E-state index contributed by atoms with van der Waals surface area (Å²) in [5, 5.41) is 9.31. The molecule has 1 heterocycles. The van der Waals surface area contributed by atoms with Crippen LogP contribution < -0.4 is 4.74 Å². The van der Waals surface area contributed by atoms with E-state index < -0.39 is 5.97 Å². The molecule has 1 fully saturated rings. The molecule has 1 aromatic carbocycles. The molecule has 0 bridgehead atoms. The van der Waals surface area contributed by atoms with Crippen LogP contribution in [0.15, 0.2) is 28.2 Å². The van der Waals surface area contributed by atoms with Gasteiger partial charge in [-0.05, 0) is 24.3 Å². The summed E-state index contributed by atoms with van der Waals surface area (Å²) in [5.74, 6) is -0.534. The molecule has 1 aliphatic heterocycles. The van der Waals surface area contributed by atoms with Crippen LogP contribution in [0.4, 0.5) is 0 Å². The van der Waals surface area contributed by atoms with Crippen molar-refractivity contribution in [3.05, 3.63) is 33.8 Å². The Kier molecular flexibility index (Phi) is 5.90. The van der Waals surface area contributed by atoms with Gasteiger partial charge in [0.15, 0.2) is 0 Å². The number of esters is 1. The molecule has 6 nitrogen and oxygen atoms in total. The van der Waals surface area contributed by atoms with Crippen LogP contribution >= 0.6 is 15.9 Å². The van der Waals surface area contributed by atoms with Gasteiger partial charge >= 0.3 is 5.97 Å². The van der Waals surface area contributed by atoms with Gasteiger partial charge in [0.1, 0.15) is 17.4 Å². The van der Waals surface area contributed by atoms with E-state index in [4.69, 9.17) is 9.47 Å². The minimum Gasteiger partial charge on any atom is -0.426 e. The second-order valence-electron chi connectivity index (χ2n) is 4.85. The third-order valence-electron chi connectivity index (χ3n) is 3.17. The molecule has 0 aromatic heterocycles. The fraction of sp³-hybridized carbons (Fsp3) is 0.312. The van der Waals surface area contributed by atoms with Gasteiger partial charge in [0.05, 0.1) is 13.2 Å². The Balaban J connectivity index is 2.33. The minimum absolute atomic E-state index is 0.0154. The molecule has 0 aliphatic carbocycles. The average Bonchev–Trinajstić information content (AvgIpc) is 2.54. The second-order valence-corrected chi connectivity index (χ2v) is 5.77. The van der Waals surface area contributed by atoms with Crippen LogP contribution in [0.1, 0.15) is 12.5 Å². The Morgan fingerprint density at radius 1 is 1.39 bits per heavy atom. The van der Waals surface area contributed by atoms with E-state index in [9.17, 15) is 14.9 Å². The minimum atomic E-state index is -0.472. The normalized spacial score (nSPS) is 15.0. The van der Waals surface area contributed by atoms with Gasteiger partial charge in [-0.2, -0.15) is 5.26 Å². The summed E-state index contributed by atoms with van der Waals surface area (Å²) in [6.07, 6.45) is 1.43. The number of carbonyl (C=O) groups excluding carboxylic acids is 2. The van der Waals surface area contributed by atoms with E-state index in [1.165, 1.54) is 13.0 Å². The monoisotopic (exact) mass is 378 g/mol. The van der Waals surface area contributed by atoms with Crippen molar-refractivity contribution in [2.75, 3.05) is 26.3 Å². The maximum absolute atomic E-state index is 12.4. The Hall–Kier alpha value is -2.17. The number of nitriles is 1. The zero-order valence-corrected chi connectivity index (χ0v) is 14.1. The molecule has 0 radical (unpaired) electrons. The lowest BCUT2D eigenvalue weighted by Crippen LogP contribution is -2.41. The second kappa shape index (κ2) is 7.90. The molecular weight excluding hydrogens is 364 g/mol. The number of ether oxygens (including phenoxy) is 2. The van der Waals surface area contributed by atoms with Crippen LogP contribution in [0.5, 0.6) is 5.75 Å². The van der Waals surface area contributed by atoms with E-state index in [0.717, 1.165) is 4.47 Å². The molecule has 7 heteroatoms. The number of rotatable bonds is 3. The molecule has 0 saturated carbocycles. The number of amides is 1. The zero-order chi connectivity index (χ0) is 16.8. The molecule has 0 spiro atoms. The summed E-state index contributed by atoms with van der Waals surface area (Å²) >= 11 is 3.32. The van der Waals surface area contributed by atoms with Crippen LogP contribution in [0, 0.1) is 11.3 Å². The first-order valence-electron chi connectivity index (χ1n) is 6.98. The molecule has 23 heavy (non-hydrogen) atoms. The smallest absolute Gasteiger partial charge is 0.308 e. The first-order valence-corrected chi connectivity index (χ1v) is 7.77. The van der Waals surface area contributed by atoms with Crippen molar-refractivity contribution in [2.45, 2.75) is 6.92 Å². The lowest BCUT2D eigenvalue weighted by Gasteiger charge is -2.26. The van der Waals surface area contributed by atoms with Crippen molar-refractivity contribution in [1.82, 2.24) is 4.90 Å². The summed E-state index contributed by atoms with van der Waals surface area (Å²) in [6.45, 7) is 3.11. The van der Waals surface area contributed by atoms with Crippen molar-refractivity contribution in [3.63, 3.8) is 0 Å². The summed E-state index contributed by atoms with van der Waals surface area (Å²) in [7, 11) is 0. The van der Waals surface area contributed by atoms with Crippen molar-refractivity contribution in [1.29, 1.82) is 5.26 Å². The summed E-state index contributed by atoms with van der Waals surface area (Å²) in [6, 6.07) is 6.92. The predicted molar refractivity (Wildman–Crippen MR) is 86.4 cm³/mol. The fourth-order valence-corrected chi connectivity index (χ4v) is 2.49. The van der Waals surface area contributed by atoms with Gasteiger partial charge in [-0.15, -0.1) is 0 Å². The van der Waals surface area contributed by atoms with Crippen molar-refractivity contribution < 1.29 is 19.1 Å². The highest BCUT2D eigenvalue weighted by atomic mass is 79.9. The third kappa shape index (κ3) is 4.65. The SMILES string of the molecule is CC(=O)Oc1ccc(Br)cc1/C=C(\C#N)C(=O)N1CCOCC1. The fourth-order valence-electron chi connectivity index (χ4n) is 2.11. The van der Waals surface area contributed by atoms with Crippen LogP contribution in [0.3, 0.4) is 0 Å². The maximum atomic E-state index is 12.4. The van der Waals surface area contributed by atoms with Gasteiger partial charge < -0.3 is 14.4 Å². The van der Waals surface area contributed by atoms with E-state index in [1.54, 1.807) is 23.1 Å². The highest BCUT2D eigenvalue weighted by molar-refractivity contribution is 9.10. The number of hydrogen-bond acceptors (Lipinski definition) is 5. The van der Waals surface area contributed by atoms with Gasteiger partial charge in [0.2, 0.25) is 0 Å². The first-order chi connectivity index (χ1) is 11.0. The summed E-state index contributed by atoms with van der Waals surface area (Å²) in [4.78, 5) is 25.2. The van der Waals surface area contributed by atoms with Gasteiger partial charge in [0.25, 0.3) is 5.91 Å². The average molecular weight is 379 g/mol. The molecule has 120 valence electrons. The topological polar surface area (TPSA) is 79.6 Å². The zero-order valence-electron chi connectivity index (χ0n) is 12.5. The number of nitrogens with zero attached hydrogens (tertiary/aromatic N) is 2. The van der Waals surface area contributed by atoms with Gasteiger partial charge in [-0.3, -0.25) is 9.59 Å². The lowest BCUT2D eigenvalue weighted by atomic mass is 10.1. The van der Waals surface area contributed by atoms with Crippen LogP contribution in [-0.2, 0) is 14.3 Å². The third-order valence-corrected chi connectivity index (χ3v) is 3.67. The first kappa shape index (κ1) is 17.2. The molecule has 1 saturated heterocycles. The number of halogens is 1. The van der Waals surface area contributed by atoms with E-state index >= 15 is 0 Å². The number of morpholine rings is 1. The van der Waals surface area contributed by atoms with Crippen molar-refractivity contribution >= 4 is 33.9 Å². The Morgan fingerprint density at radius 2 is 2.09 bits per heavy atom. The molecule has 0 atom stereocenters. The molecule has 0 unspecified atom stereocenters. The van der Waals surface area contributed by atoms with E-state index in [2.05, 4.69) is 15.9 Å². The summed E-state index contributed by atoms with van der Waals surface area (Å²) < 4.78 is 11.1. The van der Waals surface area contributed by atoms with Gasteiger partial charge in [-0.1, -0.05) is 15.9 Å². The highest BCUT2D eigenvalue weighted by Gasteiger charge is 2.21.